The lowest BCUT2D eigenvalue weighted by atomic mass is 9.98. The summed E-state index contributed by atoms with van der Waals surface area (Å²) >= 11 is 0. The topological polar surface area (TPSA) is 38.5 Å². The summed E-state index contributed by atoms with van der Waals surface area (Å²) in [5, 5.41) is 0. The van der Waals surface area contributed by atoms with Crippen LogP contribution in [0.3, 0.4) is 0 Å². The highest BCUT2D eigenvalue weighted by atomic mass is 35.5. The summed E-state index contributed by atoms with van der Waals surface area (Å²) in [7, 11) is 1.77. The van der Waals surface area contributed by atoms with E-state index in [1.54, 1.807) is 7.11 Å². The van der Waals surface area contributed by atoms with E-state index in [9.17, 15) is 0 Å². The first kappa shape index (κ1) is 12.2. The molecule has 2 N–H and O–H groups in total. The molecule has 3 atom stereocenters. The first-order valence-electron chi connectivity index (χ1n) is 5.28. The fourth-order valence-electron chi connectivity index (χ4n) is 2.80. The number of nitrogens with zero attached hydrogens (tertiary/aromatic N) is 1. The summed E-state index contributed by atoms with van der Waals surface area (Å²) in [5.41, 5.74) is 6.05. The van der Waals surface area contributed by atoms with E-state index in [0.29, 0.717) is 6.04 Å². The summed E-state index contributed by atoms with van der Waals surface area (Å²) < 4.78 is 5.08. The van der Waals surface area contributed by atoms with Crippen molar-refractivity contribution in [3.8, 4) is 0 Å². The molecule has 1 aliphatic heterocycles. The van der Waals surface area contributed by atoms with Crippen molar-refractivity contribution in [1.82, 2.24) is 4.90 Å². The summed E-state index contributed by atoms with van der Waals surface area (Å²) in [5.74, 6) is 1.66. The predicted octanol–water partition coefficient (Wildman–Crippen LogP) is 0.724. The zero-order chi connectivity index (χ0) is 9.26. The van der Waals surface area contributed by atoms with Gasteiger partial charge in [-0.25, -0.2) is 0 Å². The molecular formula is C10H21ClN2O. The van der Waals surface area contributed by atoms with Gasteiger partial charge >= 0.3 is 0 Å². The van der Waals surface area contributed by atoms with Crippen molar-refractivity contribution in [3.63, 3.8) is 0 Å². The van der Waals surface area contributed by atoms with Crippen LogP contribution in [0.5, 0.6) is 0 Å². The van der Waals surface area contributed by atoms with Crippen LogP contribution in [0.15, 0.2) is 0 Å². The molecule has 0 aromatic carbocycles. The Kier molecular flexibility index (Phi) is 4.64. The molecule has 1 heterocycles. The van der Waals surface area contributed by atoms with Crippen molar-refractivity contribution in [2.75, 3.05) is 33.4 Å². The van der Waals surface area contributed by atoms with Crippen LogP contribution in [-0.2, 0) is 4.74 Å². The average molecular weight is 221 g/mol. The van der Waals surface area contributed by atoms with E-state index >= 15 is 0 Å². The van der Waals surface area contributed by atoms with E-state index in [0.717, 1.165) is 25.0 Å². The first-order valence-corrected chi connectivity index (χ1v) is 5.28. The second-order valence-electron chi connectivity index (χ2n) is 4.42. The fraction of sp³-hybridized carbons (Fsp3) is 1.00. The van der Waals surface area contributed by atoms with Gasteiger partial charge in [0, 0.05) is 32.8 Å². The Hall–Kier alpha value is 0.170. The van der Waals surface area contributed by atoms with Crippen LogP contribution in [0.1, 0.15) is 12.8 Å². The number of nitrogens with two attached hydrogens (primary N) is 1. The van der Waals surface area contributed by atoms with Crippen LogP contribution < -0.4 is 5.73 Å². The van der Waals surface area contributed by atoms with Gasteiger partial charge in [0.1, 0.15) is 0 Å². The third-order valence-electron chi connectivity index (χ3n) is 3.60. The monoisotopic (exact) mass is 220 g/mol. The van der Waals surface area contributed by atoms with Gasteiger partial charge in [-0.05, 0) is 24.7 Å². The third-order valence-corrected chi connectivity index (χ3v) is 3.60. The van der Waals surface area contributed by atoms with Gasteiger partial charge in [-0.3, -0.25) is 0 Å². The minimum Gasteiger partial charge on any atom is -0.383 e. The zero-order valence-corrected chi connectivity index (χ0v) is 9.63. The van der Waals surface area contributed by atoms with E-state index in [-0.39, 0.29) is 12.4 Å². The summed E-state index contributed by atoms with van der Waals surface area (Å²) in [6.45, 7) is 4.39. The first-order chi connectivity index (χ1) is 6.31. The number of fused-ring (bicyclic) bond motifs is 1. The molecule has 0 bridgehead atoms. The second kappa shape index (κ2) is 5.31. The van der Waals surface area contributed by atoms with Crippen molar-refractivity contribution in [2.45, 2.75) is 18.9 Å². The van der Waals surface area contributed by atoms with Crippen molar-refractivity contribution < 1.29 is 4.74 Å². The van der Waals surface area contributed by atoms with Crippen molar-refractivity contribution >= 4 is 12.4 Å². The minimum atomic E-state index is 0. The summed E-state index contributed by atoms with van der Waals surface area (Å²) in [6.07, 6.45) is 2.59. The number of rotatable bonds is 3. The largest absolute Gasteiger partial charge is 0.383 e. The average Bonchev–Trinajstić information content (AvgIpc) is 2.65. The maximum absolute atomic E-state index is 6.05. The Morgan fingerprint density at radius 1 is 1.36 bits per heavy atom. The molecule has 0 amide bonds. The highest BCUT2D eigenvalue weighted by Crippen LogP contribution is 2.36. The molecule has 1 saturated heterocycles. The number of methoxy groups -OCH3 is 1. The van der Waals surface area contributed by atoms with E-state index in [2.05, 4.69) is 4.90 Å². The van der Waals surface area contributed by atoms with Gasteiger partial charge in [0.2, 0.25) is 0 Å². The van der Waals surface area contributed by atoms with Gasteiger partial charge in [-0.15, -0.1) is 12.4 Å². The molecule has 1 unspecified atom stereocenters. The van der Waals surface area contributed by atoms with Gasteiger partial charge in [0.25, 0.3) is 0 Å². The summed E-state index contributed by atoms with van der Waals surface area (Å²) in [4.78, 5) is 2.50. The lowest BCUT2D eigenvalue weighted by Crippen LogP contribution is -2.31. The third kappa shape index (κ3) is 2.40. The van der Waals surface area contributed by atoms with Crippen molar-refractivity contribution in [2.24, 2.45) is 17.6 Å². The molecule has 4 heteroatoms. The Labute approximate surface area is 92.4 Å². The second-order valence-corrected chi connectivity index (χ2v) is 4.42. The van der Waals surface area contributed by atoms with Crippen molar-refractivity contribution in [3.05, 3.63) is 0 Å². The minimum absolute atomic E-state index is 0. The van der Waals surface area contributed by atoms with Crippen LogP contribution in [0, 0.1) is 11.8 Å². The van der Waals surface area contributed by atoms with E-state index in [4.69, 9.17) is 10.5 Å². The molecule has 84 valence electrons. The standard InChI is InChI=1S/C10H20N2O.ClH/c1-13-5-4-12-6-8-2-3-10(11)9(8)7-12;/h8-10H,2-7,11H2,1H3;1H/t8-,9+,10?;/m0./s1. The number of hydrogen-bond donors (Lipinski definition) is 1. The Bertz CT molecular complexity index is 180. The van der Waals surface area contributed by atoms with Crippen LogP contribution in [0.2, 0.25) is 0 Å². The fourth-order valence-corrected chi connectivity index (χ4v) is 2.80. The predicted molar refractivity (Wildman–Crippen MR) is 59.8 cm³/mol. The van der Waals surface area contributed by atoms with Crippen LogP contribution in [0.4, 0.5) is 0 Å². The van der Waals surface area contributed by atoms with E-state index in [1.807, 2.05) is 0 Å². The SMILES string of the molecule is COCCN1C[C@@H]2CCC(N)[C@@H]2C1.Cl. The van der Waals surface area contributed by atoms with Crippen molar-refractivity contribution in [1.29, 1.82) is 0 Å². The molecule has 2 fully saturated rings. The molecule has 0 aromatic rings. The molecule has 2 aliphatic rings. The maximum atomic E-state index is 6.05. The number of halogens is 1. The lowest BCUT2D eigenvalue weighted by Gasteiger charge is -2.17. The molecule has 1 saturated carbocycles. The van der Waals surface area contributed by atoms with E-state index in [1.165, 1.54) is 25.9 Å². The van der Waals surface area contributed by atoms with Gasteiger partial charge in [-0.1, -0.05) is 0 Å². The van der Waals surface area contributed by atoms with Gasteiger partial charge in [-0.2, -0.15) is 0 Å². The zero-order valence-electron chi connectivity index (χ0n) is 8.82. The number of likely N-dealkylation sites (tertiary alicyclic amines) is 1. The number of hydrogen-bond acceptors (Lipinski definition) is 3. The molecule has 1 aliphatic carbocycles. The van der Waals surface area contributed by atoms with Crippen LogP contribution in [0.25, 0.3) is 0 Å². The molecule has 3 nitrogen and oxygen atoms in total. The quantitative estimate of drug-likeness (QED) is 0.762. The smallest absolute Gasteiger partial charge is 0.0589 e. The van der Waals surface area contributed by atoms with Gasteiger partial charge in [0.15, 0.2) is 0 Å². The van der Waals surface area contributed by atoms with Gasteiger partial charge in [0.05, 0.1) is 6.61 Å². The molecular weight excluding hydrogens is 200 g/mol. The lowest BCUT2D eigenvalue weighted by molar-refractivity contribution is 0.156. The Balaban J connectivity index is 0.000000980. The van der Waals surface area contributed by atoms with Crippen LogP contribution in [-0.4, -0.2) is 44.3 Å². The molecule has 0 radical (unpaired) electrons. The van der Waals surface area contributed by atoms with E-state index < -0.39 is 0 Å². The van der Waals surface area contributed by atoms with Gasteiger partial charge < -0.3 is 15.4 Å². The molecule has 14 heavy (non-hydrogen) atoms. The maximum Gasteiger partial charge on any atom is 0.0589 e. The highest BCUT2D eigenvalue weighted by Gasteiger charge is 2.40. The normalized spacial score (nSPS) is 36.9. The highest BCUT2D eigenvalue weighted by molar-refractivity contribution is 5.85. The Morgan fingerprint density at radius 2 is 2.14 bits per heavy atom. The molecule has 0 spiro atoms. The molecule has 0 aromatic heterocycles. The number of ether oxygens (including phenoxy) is 1. The molecule has 2 rings (SSSR count). The Morgan fingerprint density at radius 3 is 2.79 bits per heavy atom. The van der Waals surface area contributed by atoms with Crippen LogP contribution >= 0.6 is 12.4 Å². The summed E-state index contributed by atoms with van der Waals surface area (Å²) in [6, 6.07) is 0.470.